The summed E-state index contributed by atoms with van der Waals surface area (Å²) >= 11 is 0. The first-order valence-electron chi connectivity index (χ1n) is 12.1. The Morgan fingerprint density at radius 1 is 1.22 bits per heavy atom. The predicted molar refractivity (Wildman–Crippen MR) is 135 cm³/mol. The van der Waals surface area contributed by atoms with Crippen molar-refractivity contribution in [3.8, 4) is 17.0 Å². The molecule has 0 spiro atoms. The van der Waals surface area contributed by atoms with E-state index in [0.29, 0.717) is 29.7 Å². The number of phenols is 1. The summed E-state index contributed by atoms with van der Waals surface area (Å²) in [4.78, 5) is 46.9. The molecule has 2 aromatic heterocycles. The van der Waals surface area contributed by atoms with E-state index in [1.165, 1.54) is 6.07 Å². The maximum atomic E-state index is 12.8. The second kappa shape index (κ2) is 10.0. The Labute approximate surface area is 209 Å². The summed E-state index contributed by atoms with van der Waals surface area (Å²) in [6.07, 6.45) is 1.16. The van der Waals surface area contributed by atoms with Crippen LogP contribution in [0.1, 0.15) is 62.4 Å². The third kappa shape index (κ3) is 5.35. The molecule has 0 aliphatic carbocycles. The molecule has 1 aromatic carbocycles. The van der Waals surface area contributed by atoms with Gasteiger partial charge in [-0.25, -0.2) is 14.6 Å². The molecule has 4 rings (SSSR count). The first-order valence-corrected chi connectivity index (χ1v) is 12.1. The number of hydrogen-bond acceptors (Lipinski definition) is 7. The predicted octanol–water partition coefficient (Wildman–Crippen LogP) is 4.59. The van der Waals surface area contributed by atoms with Gasteiger partial charge in [0, 0.05) is 30.0 Å². The number of rotatable bonds is 4. The van der Waals surface area contributed by atoms with Crippen LogP contribution in [0.15, 0.2) is 41.2 Å². The topological polar surface area (TPSA) is 122 Å². The molecule has 2 N–H and O–H groups in total. The Hall–Kier alpha value is -3.88. The number of aromatic nitrogens is 2. The fraction of sp³-hybridized carbons (Fsp3) is 0.407. The highest BCUT2D eigenvalue weighted by Gasteiger charge is 2.30. The van der Waals surface area contributed by atoms with E-state index in [1.807, 2.05) is 26.8 Å². The van der Waals surface area contributed by atoms with Gasteiger partial charge >= 0.3 is 12.1 Å². The molecule has 190 valence electrons. The molecule has 1 aliphatic rings. The summed E-state index contributed by atoms with van der Waals surface area (Å²) < 4.78 is 10.6. The fourth-order valence-electron chi connectivity index (χ4n) is 4.46. The van der Waals surface area contributed by atoms with E-state index in [9.17, 15) is 19.5 Å². The molecule has 0 radical (unpaired) electrons. The van der Waals surface area contributed by atoms with Crippen LogP contribution in [0.4, 0.5) is 4.79 Å². The lowest BCUT2D eigenvalue weighted by Crippen LogP contribution is -2.42. The van der Waals surface area contributed by atoms with Gasteiger partial charge in [-0.2, -0.15) is 0 Å². The highest BCUT2D eigenvalue weighted by molar-refractivity contribution is 5.94. The van der Waals surface area contributed by atoms with Gasteiger partial charge in [-0.3, -0.25) is 4.79 Å². The molecular formula is C27H31N3O6. The highest BCUT2D eigenvalue weighted by atomic mass is 16.6. The lowest BCUT2D eigenvalue weighted by atomic mass is 9.88. The third-order valence-corrected chi connectivity index (χ3v) is 6.04. The lowest BCUT2D eigenvalue weighted by molar-refractivity contribution is 0.0198. The Morgan fingerprint density at radius 3 is 2.67 bits per heavy atom. The Morgan fingerprint density at radius 2 is 1.97 bits per heavy atom. The standard InChI is InChI=1S/C27H31N3O6/c1-5-35-25(33)20-13-19-18(16-9-8-12-30(15-16)26(34)36-27(2,3)4)14-21(28-23(19)29-24(20)32)17-10-6-7-11-22(17)31/h6-7,10-11,13-14,16,31H,5,8-9,12,15H2,1-4H3,(H,28,29,32). The van der Waals surface area contributed by atoms with Gasteiger partial charge in [-0.05, 0) is 70.4 Å². The Bertz CT molecular complexity index is 1360. The summed E-state index contributed by atoms with van der Waals surface area (Å²) in [6.45, 7) is 8.28. The Kier molecular flexibility index (Phi) is 7.01. The fourth-order valence-corrected chi connectivity index (χ4v) is 4.46. The van der Waals surface area contributed by atoms with Crippen molar-refractivity contribution < 1.29 is 24.2 Å². The number of phenolic OH excluding ortho intramolecular Hbond substituents is 1. The number of benzene rings is 1. The van der Waals surface area contributed by atoms with Crippen LogP contribution in [0.2, 0.25) is 0 Å². The number of likely N-dealkylation sites (tertiary alicyclic amines) is 1. The van der Waals surface area contributed by atoms with Gasteiger partial charge in [0.25, 0.3) is 5.56 Å². The van der Waals surface area contributed by atoms with Crippen LogP contribution >= 0.6 is 0 Å². The molecule has 1 aliphatic heterocycles. The van der Waals surface area contributed by atoms with Crippen molar-refractivity contribution in [1.29, 1.82) is 0 Å². The number of aromatic amines is 1. The monoisotopic (exact) mass is 493 g/mol. The number of carbonyl (C=O) groups excluding carboxylic acids is 2. The van der Waals surface area contributed by atoms with Crippen LogP contribution in [0.25, 0.3) is 22.3 Å². The van der Waals surface area contributed by atoms with Gasteiger partial charge in [0.2, 0.25) is 0 Å². The van der Waals surface area contributed by atoms with E-state index >= 15 is 0 Å². The molecule has 1 atom stereocenters. The number of nitrogens with one attached hydrogen (secondary N) is 1. The van der Waals surface area contributed by atoms with Gasteiger partial charge in [0.15, 0.2) is 0 Å². The molecule has 9 nitrogen and oxygen atoms in total. The number of pyridine rings is 2. The quantitative estimate of drug-likeness (QED) is 0.510. The van der Waals surface area contributed by atoms with Gasteiger partial charge in [-0.1, -0.05) is 12.1 Å². The van der Waals surface area contributed by atoms with E-state index in [1.54, 1.807) is 36.1 Å². The molecule has 3 heterocycles. The highest BCUT2D eigenvalue weighted by Crippen LogP contribution is 2.36. The van der Waals surface area contributed by atoms with Crippen LogP contribution < -0.4 is 5.56 Å². The van der Waals surface area contributed by atoms with Crippen molar-refractivity contribution in [3.63, 3.8) is 0 Å². The largest absolute Gasteiger partial charge is 0.507 e. The molecule has 1 unspecified atom stereocenters. The van der Waals surface area contributed by atoms with Crippen LogP contribution in [-0.2, 0) is 9.47 Å². The van der Waals surface area contributed by atoms with Crippen molar-refractivity contribution in [2.24, 2.45) is 0 Å². The third-order valence-electron chi connectivity index (χ3n) is 6.04. The molecule has 9 heteroatoms. The zero-order valence-electron chi connectivity index (χ0n) is 21.0. The lowest BCUT2D eigenvalue weighted by Gasteiger charge is -2.34. The minimum atomic E-state index is -0.713. The van der Waals surface area contributed by atoms with E-state index in [0.717, 1.165) is 18.4 Å². The number of para-hydroxylation sites is 1. The second-order valence-electron chi connectivity index (χ2n) is 9.87. The molecular weight excluding hydrogens is 462 g/mol. The van der Waals surface area contributed by atoms with Crippen molar-refractivity contribution in [1.82, 2.24) is 14.9 Å². The van der Waals surface area contributed by atoms with Crippen molar-refractivity contribution in [3.05, 3.63) is 57.9 Å². The average Bonchev–Trinajstić information content (AvgIpc) is 2.82. The molecule has 1 saturated heterocycles. The van der Waals surface area contributed by atoms with E-state index in [-0.39, 0.29) is 35.6 Å². The van der Waals surface area contributed by atoms with Gasteiger partial charge in [-0.15, -0.1) is 0 Å². The van der Waals surface area contributed by atoms with Gasteiger partial charge < -0.3 is 24.5 Å². The smallest absolute Gasteiger partial charge is 0.410 e. The average molecular weight is 494 g/mol. The number of fused-ring (bicyclic) bond motifs is 1. The first-order chi connectivity index (χ1) is 17.1. The minimum Gasteiger partial charge on any atom is -0.507 e. The number of piperidine rings is 1. The van der Waals surface area contributed by atoms with Crippen molar-refractivity contribution in [2.75, 3.05) is 19.7 Å². The first kappa shape index (κ1) is 25.2. The molecule has 36 heavy (non-hydrogen) atoms. The van der Waals surface area contributed by atoms with Gasteiger partial charge in [0.1, 0.15) is 22.6 Å². The number of H-pyrrole nitrogens is 1. The van der Waals surface area contributed by atoms with Crippen LogP contribution in [0.5, 0.6) is 5.75 Å². The number of aromatic hydroxyl groups is 1. The maximum Gasteiger partial charge on any atom is 0.410 e. The summed E-state index contributed by atoms with van der Waals surface area (Å²) in [5.74, 6) is -0.766. The molecule has 1 fully saturated rings. The second-order valence-corrected chi connectivity index (χ2v) is 9.87. The number of nitrogens with zero attached hydrogens (tertiary/aromatic N) is 2. The minimum absolute atomic E-state index is 0.0554. The summed E-state index contributed by atoms with van der Waals surface area (Å²) in [5, 5.41) is 11.0. The summed E-state index contributed by atoms with van der Waals surface area (Å²) in [5.41, 5.74) is 0.765. The molecule has 1 amide bonds. The summed E-state index contributed by atoms with van der Waals surface area (Å²) in [6, 6.07) is 10.2. The number of amides is 1. The summed E-state index contributed by atoms with van der Waals surface area (Å²) in [7, 11) is 0. The number of esters is 1. The zero-order valence-corrected chi connectivity index (χ0v) is 21.0. The Balaban J connectivity index is 1.84. The number of carbonyl (C=O) groups is 2. The zero-order chi connectivity index (χ0) is 26.0. The van der Waals surface area contributed by atoms with Crippen molar-refractivity contribution in [2.45, 2.75) is 52.1 Å². The number of ether oxygens (including phenoxy) is 2. The molecule has 0 bridgehead atoms. The van der Waals surface area contributed by atoms with E-state index < -0.39 is 17.1 Å². The molecule has 0 saturated carbocycles. The van der Waals surface area contributed by atoms with Crippen molar-refractivity contribution >= 4 is 23.1 Å². The van der Waals surface area contributed by atoms with Crippen LogP contribution in [0.3, 0.4) is 0 Å². The van der Waals surface area contributed by atoms with E-state index in [2.05, 4.69) is 9.97 Å². The number of hydrogen-bond donors (Lipinski definition) is 2. The van der Waals surface area contributed by atoms with Crippen LogP contribution in [0, 0.1) is 0 Å². The van der Waals surface area contributed by atoms with E-state index in [4.69, 9.17) is 9.47 Å². The van der Waals surface area contributed by atoms with Crippen LogP contribution in [-0.4, -0.2) is 57.3 Å². The normalized spacial score (nSPS) is 16.1. The SMILES string of the molecule is CCOC(=O)c1cc2c(C3CCCN(C(=O)OC(C)(C)C)C3)cc(-c3ccccc3O)nc2[nH]c1=O. The molecule has 3 aromatic rings. The van der Waals surface area contributed by atoms with Gasteiger partial charge in [0.05, 0.1) is 12.3 Å². The maximum absolute atomic E-state index is 12.8.